The van der Waals surface area contributed by atoms with Gasteiger partial charge in [0.25, 0.3) is 5.91 Å². The van der Waals surface area contributed by atoms with Gasteiger partial charge in [-0.25, -0.2) is 0 Å². The van der Waals surface area contributed by atoms with Crippen molar-refractivity contribution in [1.82, 2.24) is 15.1 Å². The van der Waals surface area contributed by atoms with E-state index in [1.165, 1.54) is 6.07 Å². The van der Waals surface area contributed by atoms with Crippen LogP contribution < -0.4 is 0 Å². The Balaban J connectivity index is 1.71. The number of aliphatic hydroxyl groups is 1. The molecule has 1 fully saturated rings. The second-order valence-electron chi connectivity index (χ2n) is 6.28. The summed E-state index contributed by atoms with van der Waals surface area (Å²) in [5.41, 5.74) is 3.18. The van der Waals surface area contributed by atoms with Crippen LogP contribution in [0.2, 0.25) is 0 Å². The maximum atomic E-state index is 12.6. The van der Waals surface area contributed by atoms with E-state index in [1.807, 2.05) is 13.0 Å². The Morgan fingerprint density at radius 1 is 1.35 bits per heavy atom. The number of carbonyl (C=O) groups is 1. The van der Waals surface area contributed by atoms with Crippen LogP contribution in [0.25, 0.3) is 0 Å². The van der Waals surface area contributed by atoms with E-state index in [9.17, 15) is 15.0 Å². The van der Waals surface area contributed by atoms with Crippen molar-refractivity contribution in [1.29, 1.82) is 0 Å². The van der Waals surface area contributed by atoms with Gasteiger partial charge in [-0.05, 0) is 50.1 Å². The molecule has 2 unspecified atom stereocenters. The number of aliphatic hydroxyl groups excluding tert-OH is 1. The molecule has 23 heavy (non-hydrogen) atoms. The lowest BCUT2D eigenvalue weighted by Gasteiger charge is -2.17. The third kappa shape index (κ3) is 3.22. The molecule has 1 saturated heterocycles. The molecule has 0 bridgehead atoms. The average molecular weight is 315 g/mol. The lowest BCUT2D eigenvalue weighted by molar-refractivity contribution is 0.0764. The fraction of sp³-hybridized carbons (Fsp3) is 0.412. The molecule has 0 saturated carbocycles. The molecule has 1 aromatic carbocycles. The van der Waals surface area contributed by atoms with E-state index in [0.717, 1.165) is 17.0 Å². The number of H-pyrrole nitrogens is 1. The van der Waals surface area contributed by atoms with Crippen molar-refractivity contribution >= 4 is 5.91 Å². The summed E-state index contributed by atoms with van der Waals surface area (Å²) in [6, 6.07) is 6.67. The molecule has 1 aliphatic heterocycles. The summed E-state index contributed by atoms with van der Waals surface area (Å²) in [5.74, 6) is 0.0219. The van der Waals surface area contributed by atoms with Crippen molar-refractivity contribution in [3.8, 4) is 5.75 Å². The van der Waals surface area contributed by atoms with Gasteiger partial charge in [-0.1, -0.05) is 0 Å². The molecule has 3 rings (SSSR count). The molecule has 1 amide bonds. The molecule has 2 heterocycles. The Bertz CT molecular complexity index is 726. The first-order valence-electron chi connectivity index (χ1n) is 7.72. The van der Waals surface area contributed by atoms with E-state index >= 15 is 0 Å². The number of rotatable bonds is 3. The molecular weight excluding hydrogens is 294 g/mol. The number of likely N-dealkylation sites (tertiary alicyclic amines) is 1. The topological polar surface area (TPSA) is 89.5 Å². The average Bonchev–Trinajstić information content (AvgIpc) is 3.05. The fourth-order valence-corrected chi connectivity index (χ4v) is 3.13. The van der Waals surface area contributed by atoms with E-state index in [2.05, 4.69) is 10.2 Å². The van der Waals surface area contributed by atoms with E-state index in [-0.39, 0.29) is 17.6 Å². The van der Waals surface area contributed by atoms with E-state index in [1.54, 1.807) is 24.0 Å². The number of phenolic OH excluding ortho intramolecular Hbond substituents is 1. The highest BCUT2D eigenvalue weighted by molar-refractivity contribution is 5.96. The molecule has 3 N–H and O–H groups in total. The number of nitrogens with one attached hydrogen (secondary N) is 1. The third-order valence-electron chi connectivity index (χ3n) is 4.36. The molecule has 0 spiro atoms. The zero-order valence-electron chi connectivity index (χ0n) is 13.3. The maximum Gasteiger partial charge on any atom is 0.254 e. The number of benzene rings is 1. The molecule has 2 atom stereocenters. The van der Waals surface area contributed by atoms with Gasteiger partial charge in [-0.3, -0.25) is 9.89 Å². The minimum Gasteiger partial charge on any atom is -0.508 e. The molecule has 122 valence electrons. The van der Waals surface area contributed by atoms with Gasteiger partial charge in [0.15, 0.2) is 0 Å². The van der Waals surface area contributed by atoms with Gasteiger partial charge in [0, 0.05) is 30.3 Å². The van der Waals surface area contributed by atoms with Crippen LogP contribution in [0.4, 0.5) is 0 Å². The fourth-order valence-electron chi connectivity index (χ4n) is 3.13. The number of carbonyl (C=O) groups excluding carboxylic acids is 1. The Morgan fingerprint density at radius 3 is 2.78 bits per heavy atom. The van der Waals surface area contributed by atoms with Crippen LogP contribution >= 0.6 is 0 Å². The molecule has 2 aromatic rings. The summed E-state index contributed by atoms with van der Waals surface area (Å²) in [6.45, 7) is 4.56. The largest absolute Gasteiger partial charge is 0.508 e. The number of aromatic amines is 1. The maximum absolute atomic E-state index is 12.6. The molecule has 6 nitrogen and oxygen atoms in total. The summed E-state index contributed by atoms with van der Waals surface area (Å²) in [6.07, 6.45) is 0.0949. The van der Waals surface area contributed by atoms with Gasteiger partial charge < -0.3 is 15.1 Å². The summed E-state index contributed by atoms with van der Waals surface area (Å²) in [4.78, 5) is 14.3. The van der Waals surface area contributed by atoms with E-state index < -0.39 is 6.10 Å². The number of aromatic hydroxyl groups is 1. The first kappa shape index (κ1) is 15.6. The van der Waals surface area contributed by atoms with Gasteiger partial charge in [0.2, 0.25) is 0 Å². The lowest BCUT2D eigenvalue weighted by atomic mass is 10.00. The Kier molecular flexibility index (Phi) is 4.09. The molecular formula is C17H21N3O3. The summed E-state index contributed by atoms with van der Waals surface area (Å²) < 4.78 is 0. The monoisotopic (exact) mass is 315 g/mol. The van der Waals surface area contributed by atoms with Gasteiger partial charge in [-0.15, -0.1) is 0 Å². The standard InChI is InChI=1S/C17H21N3O3/c1-10-5-14(21)3-4-15(10)17(23)20-8-12(16(22)9-20)7-13-6-11(2)18-19-13/h3-6,12,16,21-22H,7-9H2,1-2H3,(H,18,19). The van der Waals surface area contributed by atoms with Crippen molar-refractivity contribution in [2.24, 2.45) is 5.92 Å². The second kappa shape index (κ2) is 6.04. The number of phenols is 1. The predicted octanol–water partition coefficient (Wildman–Crippen LogP) is 1.41. The van der Waals surface area contributed by atoms with Gasteiger partial charge >= 0.3 is 0 Å². The van der Waals surface area contributed by atoms with Crippen molar-refractivity contribution in [3.63, 3.8) is 0 Å². The Hall–Kier alpha value is -2.34. The SMILES string of the molecule is Cc1cc(CC2CN(C(=O)c3ccc(O)cc3C)CC2O)n[nH]1. The predicted molar refractivity (Wildman–Crippen MR) is 85.3 cm³/mol. The quantitative estimate of drug-likeness (QED) is 0.799. The number of aromatic nitrogens is 2. The number of hydrogen-bond acceptors (Lipinski definition) is 4. The first-order chi connectivity index (χ1) is 10.9. The first-order valence-corrected chi connectivity index (χ1v) is 7.72. The molecule has 0 aliphatic carbocycles. The van der Waals surface area contributed by atoms with Crippen LogP contribution in [0.1, 0.15) is 27.3 Å². The third-order valence-corrected chi connectivity index (χ3v) is 4.36. The normalized spacial score (nSPS) is 20.9. The zero-order chi connectivity index (χ0) is 16.6. The van der Waals surface area contributed by atoms with Crippen LogP contribution in [0.3, 0.4) is 0 Å². The van der Waals surface area contributed by atoms with Crippen LogP contribution in [0, 0.1) is 19.8 Å². The highest BCUT2D eigenvalue weighted by atomic mass is 16.3. The smallest absolute Gasteiger partial charge is 0.254 e. The highest BCUT2D eigenvalue weighted by Gasteiger charge is 2.35. The molecule has 1 aromatic heterocycles. The molecule has 0 radical (unpaired) electrons. The number of β-amino-alcohol motifs (C(OH)–C–C–N with tert-alkyl or cyclic N) is 1. The molecule has 6 heteroatoms. The van der Waals surface area contributed by atoms with Gasteiger partial charge in [-0.2, -0.15) is 5.10 Å². The van der Waals surface area contributed by atoms with Crippen LogP contribution in [0.5, 0.6) is 5.75 Å². The number of aryl methyl sites for hydroxylation is 2. The summed E-state index contributed by atoms with van der Waals surface area (Å²) in [5, 5.41) is 26.8. The van der Waals surface area contributed by atoms with Crippen LogP contribution in [-0.4, -0.2) is 50.4 Å². The van der Waals surface area contributed by atoms with Crippen LogP contribution in [-0.2, 0) is 6.42 Å². The summed E-state index contributed by atoms with van der Waals surface area (Å²) >= 11 is 0. The van der Waals surface area contributed by atoms with Crippen molar-refractivity contribution in [2.45, 2.75) is 26.4 Å². The Labute approximate surface area is 134 Å². The summed E-state index contributed by atoms with van der Waals surface area (Å²) in [7, 11) is 0. The van der Waals surface area contributed by atoms with Crippen LogP contribution in [0.15, 0.2) is 24.3 Å². The van der Waals surface area contributed by atoms with E-state index in [0.29, 0.717) is 25.1 Å². The second-order valence-corrected chi connectivity index (χ2v) is 6.28. The van der Waals surface area contributed by atoms with Crippen molar-refractivity contribution < 1.29 is 15.0 Å². The van der Waals surface area contributed by atoms with Gasteiger partial charge in [0.1, 0.15) is 5.75 Å². The number of hydrogen-bond donors (Lipinski definition) is 3. The van der Waals surface area contributed by atoms with Crippen molar-refractivity contribution in [3.05, 3.63) is 46.8 Å². The number of nitrogens with zero attached hydrogens (tertiary/aromatic N) is 2. The Morgan fingerprint density at radius 2 is 2.13 bits per heavy atom. The molecule has 1 aliphatic rings. The van der Waals surface area contributed by atoms with E-state index in [4.69, 9.17) is 0 Å². The zero-order valence-corrected chi connectivity index (χ0v) is 13.3. The lowest BCUT2D eigenvalue weighted by Crippen LogP contribution is -2.30. The number of amides is 1. The van der Waals surface area contributed by atoms with Gasteiger partial charge in [0.05, 0.1) is 11.8 Å². The minimum atomic E-state index is -0.548. The minimum absolute atomic E-state index is 0.0147. The van der Waals surface area contributed by atoms with Crippen molar-refractivity contribution in [2.75, 3.05) is 13.1 Å². The highest BCUT2D eigenvalue weighted by Crippen LogP contribution is 2.24.